The minimum Gasteiger partial charge on any atom is -0.370 e. The van der Waals surface area contributed by atoms with Crippen molar-refractivity contribution < 1.29 is 18.0 Å². The number of nitrogens with zero attached hydrogens (tertiary/aromatic N) is 2. The summed E-state index contributed by atoms with van der Waals surface area (Å²) in [6.07, 6.45) is -3.58. The van der Waals surface area contributed by atoms with Crippen molar-refractivity contribution in [3.63, 3.8) is 0 Å². The first kappa shape index (κ1) is 17.8. The molecule has 0 aromatic heterocycles. The molecule has 22 heavy (non-hydrogen) atoms. The lowest BCUT2D eigenvalue weighted by atomic mass is 10.1. The maximum absolute atomic E-state index is 12.2. The van der Waals surface area contributed by atoms with Gasteiger partial charge in [-0.15, -0.1) is 0 Å². The molecule has 0 bridgehead atoms. The molecule has 0 aliphatic heterocycles. The Bertz CT molecular complexity index is 543. The molecule has 122 valence electrons. The second kappa shape index (κ2) is 7.67. The van der Waals surface area contributed by atoms with Crippen LogP contribution in [-0.4, -0.2) is 43.1 Å². The van der Waals surface area contributed by atoms with Crippen LogP contribution in [-0.2, 0) is 11.2 Å². The fraction of sp³-hybridized carbons (Fsp3) is 0.429. The molecule has 1 amide bonds. The molecule has 5 nitrogen and oxygen atoms in total. The van der Waals surface area contributed by atoms with Gasteiger partial charge in [0.2, 0.25) is 5.91 Å². The molecule has 0 saturated carbocycles. The first-order chi connectivity index (χ1) is 10.2. The van der Waals surface area contributed by atoms with E-state index in [2.05, 4.69) is 10.3 Å². The summed E-state index contributed by atoms with van der Waals surface area (Å²) in [5.41, 5.74) is 7.42. The molecule has 0 saturated heterocycles. The SMILES string of the molecule is CCc1cccc(NC(N)=NCC(=O)N(C)CC(F)(F)F)c1. The molecule has 1 aromatic carbocycles. The predicted octanol–water partition coefficient (Wildman–Crippen LogP) is 2.00. The van der Waals surface area contributed by atoms with E-state index in [4.69, 9.17) is 5.73 Å². The van der Waals surface area contributed by atoms with Crippen LogP contribution in [0.15, 0.2) is 29.3 Å². The largest absolute Gasteiger partial charge is 0.406 e. The summed E-state index contributed by atoms with van der Waals surface area (Å²) in [5, 5.41) is 2.79. The van der Waals surface area contributed by atoms with Gasteiger partial charge in [0, 0.05) is 12.7 Å². The van der Waals surface area contributed by atoms with Gasteiger partial charge in [-0.2, -0.15) is 13.2 Å². The van der Waals surface area contributed by atoms with E-state index in [1.54, 1.807) is 6.07 Å². The number of guanidine groups is 1. The second-order valence-electron chi connectivity index (χ2n) is 4.75. The van der Waals surface area contributed by atoms with E-state index in [1.807, 2.05) is 25.1 Å². The number of benzene rings is 1. The molecule has 0 heterocycles. The lowest BCUT2D eigenvalue weighted by Gasteiger charge is -2.18. The van der Waals surface area contributed by atoms with Gasteiger partial charge in [-0.05, 0) is 24.1 Å². The molecule has 0 spiro atoms. The number of halogens is 3. The number of carbonyl (C=O) groups excluding carboxylic acids is 1. The Morgan fingerprint density at radius 2 is 2.09 bits per heavy atom. The third kappa shape index (κ3) is 6.47. The van der Waals surface area contributed by atoms with Gasteiger partial charge in [0.05, 0.1) is 0 Å². The van der Waals surface area contributed by atoms with Gasteiger partial charge in [-0.3, -0.25) is 4.79 Å². The Balaban J connectivity index is 2.56. The Morgan fingerprint density at radius 3 is 2.68 bits per heavy atom. The van der Waals surface area contributed by atoms with E-state index in [0.717, 1.165) is 19.0 Å². The number of anilines is 1. The van der Waals surface area contributed by atoms with Crippen LogP contribution in [0.2, 0.25) is 0 Å². The molecule has 1 rings (SSSR count). The second-order valence-corrected chi connectivity index (χ2v) is 4.75. The number of hydrogen-bond donors (Lipinski definition) is 2. The number of alkyl halides is 3. The normalized spacial score (nSPS) is 12.1. The van der Waals surface area contributed by atoms with E-state index in [9.17, 15) is 18.0 Å². The van der Waals surface area contributed by atoms with E-state index in [1.165, 1.54) is 0 Å². The molecule has 8 heteroatoms. The van der Waals surface area contributed by atoms with Crippen LogP contribution in [0.25, 0.3) is 0 Å². The van der Waals surface area contributed by atoms with Crippen LogP contribution in [0.4, 0.5) is 18.9 Å². The number of rotatable bonds is 5. The lowest BCUT2D eigenvalue weighted by Crippen LogP contribution is -2.37. The van der Waals surface area contributed by atoms with Crippen LogP contribution >= 0.6 is 0 Å². The number of aliphatic imine (C=N–C) groups is 1. The third-order valence-electron chi connectivity index (χ3n) is 2.83. The summed E-state index contributed by atoms with van der Waals surface area (Å²) in [4.78, 5) is 15.8. The van der Waals surface area contributed by atoms with Crippen LogP contribution < -0.4 is 11.1 Å². The van der Waals surface area contributed by atoms with Crippen molar-refractivity contribution in [2.24, 2.45) is 10.7 Å². The highest BCUT2D eigenvalue weighted by atomic mass is 19.4. The Hall–Kier alpha value is -2.25. The van der Waals surface area contributed by atoms with E-state index >= 15 is 0 Å². The van der Waals surface area contributed by atoms with Crippen LogP contribution in [0, 0.1) is 0 Å². The fourth-order valence-electron chi connectivity index (χ4n) is 1.69. The topological polar surface area (TPSA) is 70.7 Å². The van der Waals surface area contributed by atoms with Crippen LogP contribution in [0.1, 0.15) is 12.5 Å². The quantitative estimate of drug-likeness (QED) is 0.645. The average molecular weight is 316 g/mol. The van der Waals surface area contributed by atoms with E-state index in [-0.39, 0.29) is 5.96 Å². The van der Waals surface area contributed by atoms with E-state index in [0.29, 0.717) is 10.6 Å². The van der Waals surface area contributed by atoms with Gasteiger partial charge in [0.25, 0.3) is 0 Å². The summed E-state index contributed by atoms with van der Waals surface area (Å²) < 4.78 is 36.5. The summed E-state index contributed by atoms with van der Waals surface area (Å²) in [6, 6.07) is 7.45. The maximum Gasteiger partial charge on any atom is 0.406 e. The van der Waals surface area contributed by atoms with Crippen LogP contribution in [0.5, 0.6) is 0 Å². The summed E-state index contributed by atoms with van der Waals surface area (Å²) in [7, 11) is 1.07. The molecule has 0 aliphatic rings. The Kier molecular flexibility index (Phi) is 6.21. The first-order valence-corrected chi connectivity index (χ1v) is 6.68. The number of carbonyl (C=O) groups is 1. The average Bonchev–Trinajstić information content (AvgIpc) is 2.43. The van der Waals surface area contributed by atoms with Crippen molar-refractivity contribution in [3.8, 4) is 0 Å². The smallest absolute Gasteiger partial charge is 0.370 e. The molecule has 0 unspecified atom stereocenters. The number of aryl methyl sites for hydroxylation is 1. The lowest BCUT2D eigenvalue weighted by molar-refractivity contribution is -0.157. The van der Waals surface area contributed by atoms with Crippen molar-refractivity contribution in [1.82, 2.24) is 4.90 Å². The highest BCUT2D eigenvalue weighted by Gasteiger charge is 2.30. The van der Waals surface area contributed by atoms with Crippen molar-refractivity contribution in [2.75, 3.05) is 25.5 Å². The molecule has 3 N–H and O–H groups in total. The fourth-order valence-corrected chi connectivity index (χ4v) is 1.69. The number of amides is 1. The molecule has 1 aromatic rings. The standard InChI is InChI=1S/C14H19F3N4O/c1-3-10-5-4-6-11(7-10)20-13(18)19-8-12(22)21(2)9-14(15,16)17/h4-7H,3,8-9H2,1-2H3,(H3,18,19,20). The Labute approximate surface area is 127 Å². The van der Waals surface area contributed by atoms with Gasteiger partial charge < -0.3 is 16.0 Å². The predicted molar refractivity (Wildman–Crippen MR) is 79.6 cm³/mol. The zero-order chi connectivity index (χ0) is 16.8. The molecule has 0 fully saturated rings. The summed E-state index contributed by atoms with van der Waals surface area (Å²) >= 11 is 0. The molecule has 0 atom stereocenters. The summed E-state index contributed by atoms with van der Waals surface area (Å²) in [5.74, 6) is -0.786. The van der Waals surface area contributed by atoms with Gasteiger partial charge in [0.15, 0.2) is 5.96 Å². The van der Waals surface area contributed by atoms with E-state index < -0.39 is 25.2 Å². The minimum absolute atomic E-state index is 0.0259. The number of nitrogens with one attached hydrogen (secondary N) is 1. The number of hydrogen-bond acceptors (Lipinski definition) is 2. The molecule has 0 aliphatic carbocycles. The molecule has 0 radical (unpaired) electrons. The van der Waals surface area contributed by atoms with Crippen molar-refractivity contribution in [2.45, 2.75) is 19.5 Å². The number of likely N-dealkylation sites (N-methyl/N-ethyl adjacent to an activating group) is 1. The van der Waals surface area contributed by atoms with Crippen molar-refractivity contribution in [1.29, 1.82) is 0 Å². The maximum atomic E-state index is 12.2. The third-order valence-corrected chi connectivity index (χ3v) is 2.83. The zero-order valence-electron chi connectivity index (χ0n) is 12.4. The van der Waals surface area contributed by atoms with Gasteiger partial charge in [-0.1, -0.05) is 19.1 Å². The first-order valence-electron chi connectivity index (χ1n) is 6.68. The van der Waals surface area contributed by atoms with Gasteiger partial charge in [-0.25, -0.2) is 4.99 Å². The number of nitrogens with two attached hydrogens (primary N) is 1. The molecular formula is C14H19F3N4O. The van der Waals surface area contributed by atoms with Gasteiger partial charge >= 0.3 is 6.18 Å². The Morgan fingerprint density at radius 1 is 1.41 bits per heavy atom. The van der Waals surface area contributed by atoms with Crippen LogP contribution in [0.3, 0.4) is 0 Å². The highest BCUT2D eigenvalue weighted by molar-refractivity contribution is 5.93. The highest BCUT2D eigenvalue weighted by Crippen LogP contribution is 2.15. The summed E-state index contributed by atoms with van der Waals surface area (Å²) in [6.45, 7) is 0.248. The van der Waals surface area contributed by atoms with Crippen molar-refractivity contribution in [3.05, 3.63) is 29.8 Å². The van der Waals surface area contributed by atoms with Crippen molar-refractivity contribution >= 4 is 17.6 Å². The zero-order valence-corrected chi connectivity index (χ0v) is 12.4. The molecular weight excluding hydrogens is 297 g/mol. The minimum atomic E-state index is -4.43. The monoisotopic (exact) mass is 316 g/mol. The van der Waals surface area contributed by atoms with Gasteiger partial charge in [0.1, 0.15) is 13.1 Å².